The van der Waals surface area contributed by atoms with Gasteiger partial charge in [0.25, 0.3) is 0 Å². The maximum Gasteiger partial charge on any atom is 0.225 e. The van der Waals surface area contributed by atoms with Crippen molar-refractivity contribution in [1.82, 2.24) is 5.32 Å². The molecule has 22 heavy (non-hydrogen) atoms. The highest BCUT2D eigenvalue weighted by molar-refractivity contribution is 5.90. The number of para-hydroxylation sites is 1. The number of rotatable bonds is 7. The van der Waals surface area contributed by atoms with Crippen LogP contribution in [-0.2, 0) is 11.3 Å². The average molecular weight is 302 g/mol. The Balaban J connectivity index is 1.73. The van der Waals surface area contributed by atoms with Gasteiger partial charge in [-0.05, 0) is 24.3 Å². The van der Waals surface area contributed by atoms with E-state index in [1.165, 1.54) is 12.1 Å². The molecule has 2 rings (SSSR count). The standard InChI is InChI=1S/C17H19FN2O2/c1-22-16-8-3-2-5-13(16)12-19-10-9-17(21)20-15-7-4-6-14(18)11-15/h2-8,11,19H,9-10,12H2,1H3,(H,20,21). The lowest BCUT2D eigenvalue weighted by atomic mass is 10.2. The molecule has 0 bridgehead atoms. The number of hydrogen-bond donors (Lipinski definition) is 2. The van der Waals surface area contributed by atoms with Crippen molar-refractivity contribution in [2.45, 2.75) is 13.0 Å². The maximum absolute atomic E-state index is 13.0. The number of anilines is 1. The van der Waals surface area contributed by atoms with E-state index in [0.29, 0.717) is 25.2 Å². The van der Waals surface area contributed by atoms with Crippen molar-refractivity contribution in [1.29, 1.82) is 0 Å². The highest BCUT2D eigenvalue weighted by Gasteiger charge is 2.04. The molecular weight excluding hydrogens is 283 g/mol. The highest BCUT2D eigenvalue weighted by atomic mass is 19.1. The van der Waals surface area contributed by atoms with Crippen LogP contribution >= 0.6 is 0 Å². The lowest BCUT2D eigenvalue weighted by molar-refractivity contribution is -0.116. The summed E-state index contributed by atoms with van der Waals surface area (Å²) in [7, 11) is 1.63. The van der Waals surface area contributed by atoms with E-state index in [1.807, 2.05) is 24.3 Å². The summed E-state index contributed by atoms with van der Waals surface area (Å²) in [5.41, 5.74) is 1.50. The van der Waals surface area contributed by atoms with Crippen molar-refractivity contribution >= 4 is 11.6 Å². The molecule has 2 N–H and O–H groups in total. The second-order valence-electron chi connectivity index (χ2n) is 4.80. The number of hydrogen-bond acceptors (Lipinski definition) is 3. The van der Waals surface area contributed by atoms with Gasteiger partial charge in [0, 0.05) is 30.8 Å². The lowest BCUT2D eigenvalue weighted by Gasteiger charge is -2.09. The Labute approximate surface area is 129 Å². The number of amides is 1. The first kappa shape index (κ1) is 16.0. The molecule has 0 saturated heterocycles. The predicted octanol–water partition coefficient (Wildman–Crippen LogP) is 2.95. The molecule has 0 radical (unpaired) electrons. The van der Waals surface area contributed by atoms with Crippen LogP contribution in [0.1, 0.15) is 12.0 Å². The molecule has 0 aliphatic carbocycles. The highest BCUT2D eigenvalue weighted by Crippen LogP contribution is 2.16. The Morgan fingerprint density at radius 3 is 2.77 bits per heavy atom. The van der Waals surface area contributed by atoms with Gasteiger partial charge in [-0.2, -0.15) is 0 Å². The van der Waals surface area contributed by atoms with Crippen LogP contribution in [-0.4, -0.2) is 19.6 Å². The second-order valence-corrected chi connectivity index (χ2v) is 4.80. The van der Waals surface area contributed by atoms with Gasteiger partial charge in [0.1, 0.15) is 11.6 Å². The molecule has 0 unspecified atom stereocenters. The third kappa shape index (κ3) is 4.86. The van der Waals surface area contributed by atoms with Crippen molar-refractivity contribution in [2.24, 2.45) is 0 Å². The molecule has 2 aromatic rings. The largest absolute Gasteiger partial charge is 0.496 e. The van der Waals surface area contributed by atoms with Crippen molar-refractivity contribution in [3.05, 3.63) is 59.9 Å². The van der Waals surface area contributed by atoms with Crippen molar-refractivity contribution in [3.8, 4) is 5.75 Å². The summed E-state index contributed by atoms with van der Waals surface area (Å²) in [6, 6.07) is 13.6. The minimum Gasteiger partial charge on any atom is -0.496 e. The van der Waals surface area contributed by atoms with Crippen LogP contribution in [0.5, 0.6) is 5.75 Å². The van der Waals surface area contributed by atoms with Crippen LogP contribution in [0.4, 0.5) is 10.1 Å². The van der Waals surface area contributed by atoms with Crippen molar-refractivity contribution < 1.29 is 13.9 Å². The Morgan fingerprint density at radius 2 is 2.00 bits per heavy atom. The molecule has 0 atom stereocenters. The molecular formula is C17H19FN2O2. The fourth-order valence-corrected chi connectivity index (χ4v) is 2.06. The Bertz CT molecular complexity index is 632. The number of carbonyl (C=O) groups is 1. The van der Waals surface area contributed by atoms with Gasteiger partial charge < -0.3 is 15.4 Å². The molecule has 0 spiro atoms. The van der Waals surface area contributed by atoms with Crippen LogP contribution in [0.25, 0.3) is 0 Å². The number of ether oxygens (including phenoxy) is 1. The quantitative estimate of drug-likeness (QED) is 0.773. The van der Waals surface area contributed by atoms with Crippen LogP contribution in [0.2, 0.25) is 0 Å². The molecule has 0 aromatic heterocycles. The van der Waals surface area contributed by atoms with Crippen LogP contribution < -0.4 is 15.4 Å². The van der Waals surface area contributed by atoms with Crippen LogP contribution in [0.3, 0.4) is 0 Å². The molecule has 0 fully saturated rings. The summed E-state index contributed by atoms with van der Waals surface area (Å²) < 4.78 is 18.3. The predicted molar refractivity (Wildman–Crippen MR) is 84.3 cm³/mol. The fourth-order valence-electron chi connectivity index (χ4n) is 2.06. The zero-order valence-electron chi connectivity index (χ0n) is 12.4. The monoisotopic (exact) mass is 302 g/mol. The van der Waals surface area contributed by atoms with Crippen LogP contribution in [0, 0.1) is 5.82 Å². The molecule has 0 saturated carbocycles. The van der Waals surface area contributed by atoms with Gasteiger partial charge in [0.15, 0.2) is 0 Å². The topological polar surface area (TPSA) is 50.4 Å². The van der Waals surface area contributed by atoms with E-state index in [9.17, 15) is 9.18 Å². The first-order chi connectivity index (χ1) is 10.7. The van der Waals surface area contributed by atoms with E-state index >= 15 is 0 Å². The maximum atomic E-state index is 13.0. The third-order valence-electron chi connectivity index (χ3n) is 3.15. The first-order valence-electron chi connectivity index (χ1n) is 7.07. The minimum atomic E-state index is -0.368. The SMILES string of the molecule is COc1ccccc1CNCCC(=O)Nc1cccc(F)c1. The van der Waals surface area contributed by atoms with E-state index in [0.717, 1.165) is 11.3 Å². The number of benzene rings is 2. The average Bonchev–Trinajstić information content (AvgIpc) is 2.52. The number of methoxy groups -OCH3 is 1. The summed E-state index contributed by atoms with van der Waals surface area (Å²) in [6.45, 7) is 1.15. The normalized spacial score (nSPS) is 10.3. The fraction of sp³-hybridized carbons (Fsp3) is 0.235. The lowest BCUT2D eigenvalue weighted by Crippen LogP contribution is -2.21. The molecule has 0 aliphatic heterocycles. The summed E-state index contributed by atoms with van der Waals surface area (Å²) in [5, 5.41) is 5.85. The van der Waals surface area contributed by atoms with Gasteiger partial charge in [-0.1, -0.05) is 24.3 Å². The van der Waals surface area contributed by atoms with Gasteiger partial charge in [-0.15, -0.1) is 0 Å². The van der Waals surface area contributed by atoms with Gasteiger partial charge in [0.2, 0.25) is 5.91 Å². The van der Waals surface area contributed by atoms with E-state index in [1.54, 1.807) is 19.2 Å². The zero-order valence-corrected chi connectivity index (χ0v) is 12.4. The molecule has 4 nitrogen and oxygen atoms in total. The molecule has 0 heterocycles. The van der Waals surface area contributed by atoms with E-state index < -0.39 is 0 Å². The van der Waals surface area contributed by atoms with Crippen molar-refractivity contribution in [3.63, 3.8) is 0 Å². The Kier molecular flexibility index (Phi) is 5.91. The summed E-state index contributed by atoms with van der Waals surface area (Å²) in [4.78, 5) is 11.8. The summed E-state index contributed by atoms with van der Waals surface area (Å²) in [5.74, 6) is 0.296. The number of halogens is 1. The van der Waals surface area contributed by atoms with E-state index in [2.05, 4.69) is 10.6 Å². The molecule has 2 aromatic carbocycles. The molecule has 1 amide bonds. The Hall–Kier alpha value is -2.40. The number of carbonyl (C=O) groups excluding carboxylic acids is 1. The zero-order chi connectivity index (χ0) is 15.8. The van der Waals surface area contributed by atoms with Gasteiger partial charge in [0.05, 0.1) is 7.11 Å². The molecule has 5 heteroatoms. The second kappa shape index (κ2) is 8.14. The molecule has 116 valence electrons. The van der Waals surface area contributed by atoms with E-state index in [4.69, 9.17) is 4.74 Å². The molecule has 0 aliphatic rings. The van der Waals surface area contributed by atoms with Gasteiger partial charge in [-0.3, -0.25) is 4.79 Å². The summed E-state index contributed by atoms with van der Waals surface area (Å²) in [6.07, 6.45) is 0.311. The smallest absolute Gasteiger partial charge is 0.225 e. The number of nitrogens with one attached hydrogen (secondary N) is 2. The Morgan fingerprint density at radius 1 is 1.18 bits per heavy atom. The first-order valence-corrected chi connectivity index (χ1v) is 7.07. The van der Waals surface area contributed by atoms with Crippen LogP contribution in [0.15, 0.2) is 48.5 Å². The van der Waals surface area contributed by atoms with Crippen molar-refractivity contribution in [2.75, 3.05) is 19.0 Å². The van der Waals surface area contributed by atoms with E-state index in [-0.39, 0.29) is 11.7 Å². The summed E-state index contributed by atoms with van der Waals surface area (Å²) >= 11 is 0. The van der Waals surface area contributed by atoms with Gasteiger partial charge >= 0.3 is 0 Å². The van der Waals surface area contributed by atoms with Gasteiger partial charge in [-0.25, -0.2) is 4.39 Å². The third-order valence-corrected chi connectivity index (χ3v) is 3.15. The minimum absolute atomic E-state index is 0.155.